The third kappa shape index (κ3) is 4.14. The molecule has 2 rings (SSSR count). The van der Waals surface area contributed by atoms with Crippen molar-refractivity contribution in [3.05, 3.63) is 35.9 Å². The first kappa shape index (κ1) is 16.2. The van der Waals surface area contributed by atoms with Crippen LogP contribution in [0.4, 0.5) is 0 Å². The molecule has 0 saturated carbocycles. The zero-order chi connectivity index (χ0) is 15.9. The van der Waals surface area contributed by atoms with Crippen molar-refractivity contribution in [2.45, 2.75) is 19.8 Å². The number of carbonyl (C=O) groups is 3. The molecule has 1 saturated heterocycles. The van der Waals surface area contributed by atoms with E-state index in [-0.39, 0.29) is 25.4 Å². The fourth-order valence-corrected chi connectivity index (χ4v) is 2.28. The number of ketones is 1. The second-order valence-electron chi connectivity index (χ2n) is 4.98. The molecule has 0 aliphatic carbocycles. The van der Waals surface area contributed by atoms with Crippen LogP contribution in [0.1, 0.15) is 30.1 Å². The molecule has 6 nitrogen and oxygen atoms in total. The summed E-state index contributed by atoms with van der Waals surface area (Å²) in [6, 6.07) is 8.63. The number of benzene rings is 1. The highest BCUT2D eigenvalue weighted by Crippen LogP contribution is 2.17. The smallest absolute Gasteiger partial charge is 0.357 e. The molecule has 0 bridgehead atoms. The largest absolute Gasteiger partial charge is 0.465 e. The first-order valence-corrected chi connectivity index (χ1v) is 7.33. The molecule has 1 unspecified atom stereocenters. The summed E-state index contributed by atoms with van der Waals surface area (Å²) >= 11 is 0. The first-order chi connectivity index (χ1) is 10.6. The monoisotopic (exact) mass is 305 g/mol. The number of rotatable bonds is 4. The van der Waals surface area contributed by atoms with Crippen LogP contribution in [-0.2, 0) is 19.2 Å². The van der Waals surface area contributed by atoms with E-state index in [9.17, 15) is 14.4 Å². The summed E-state index contributed by atoms with van der Waals surface area (Å²) in [4.78, 5) is 41.0. The average molecular weight is 305 g/mol. The Bertz CT molecular complexity index is 543. The molecule has 1 aliphatic heterocycles. The predicted octanol–water partition coefficient (Wildman–Crippen LogP) is 1.60. The number of ether oxygens (including phenoxy) is 1. The molecule has 0 spiro atoms. The van der Waals surface area contributed by atoms with E-state index in [4.69, 9.17) is 9.57 Å². The third-order valence-corrected chi connectivity index (χ3v) is 3.46. The Morgan fingerprint density at radius 1 is 1.23 bits per heavy atom. The van der Waals surface area contributed by atoms with Gasteiger partial charge in [-0.1, -0.05) is 18.2 Å². The van der Waals surface area contributed by atoms with Crippen molar-refractivity contribution in [3.63, 3.8) is 0 Å². The minimum Gasteiger partial charge on any atom is -0.465 e. The van der Waals surface area contributed by atoms with Gasteiger partial charge < -0.3 is 9.57 Å². The Labute approximate surface area is 129 Å². The number of hydroxylamine groups is 2. The van der Waals surface area contributed by atoms with Crippen molar-refractivity contribution in [1.82, 2.24) is 5.06 Å². The van der Waals surface area contributed by atoms with Gasteiger partial charge in [0.1, 0.15) is 11.7 Å². The predicted molar refractivity (Wildman–Crippen MR) is 77.8 cm³/mol. The van der Waals surface area contributed by atoms with E-state index in [0.29, 0.717) is 18.5 Å². The summed E-state index contributed by atoms with van der Waals surface area (Å²) in [5.74, 6) is -1.90. The number of Topliss-reactive ketones (excluding diaryl/α,β-unsaturated/α-hetero) is 1. The number of hydrogen-bond donors (Lipinski definition) is 0. The van der Waals surface area contributed by atoms with E-state index in [0.717, 1.165) is 0 Å². The highest BCUT2D eigenvalue weighted by atomic mass is 16.7. The molecule has 6 heteroatoms. The van der Waals surface area contributed by atoms with E-state index in [1.54, 1.807) is 31.2 Å². The number of esters is 1. The molecule has 1 fully saturated rings. The molecule has 0 N–H and O–H groups in total. The number of hydrogen-bond acceptors (Lipinski definition) is 6. The molecule has 118 valence electrons. The van der Waals surface area contributed by atoms with Crippen molar-refractivity contribution in [1.29, 1.82) is 0 Å². The van der Waals surface area contributed by atoms with Gasteiger partial charge in [0.2, 0.25) is 0 Å². The standard InChI is InChI=1S/C16H19NO5/c1-2-21-16(20)13-8-10-17(11-9-14(13)18)22-15(19)12-6-4-3-5-7-12/h3-7,13H,2,8-11H2,1H3. The van der Waals surface area contributed by atoms with Crippen LogP contribution in [-0.4, -0.2) is 42.5 Å². The van der Waals surface area contributed by atoms with Crippen LogP contribution in [0.3, 0.4) is 0 Å². The molecule has 1 aliphatic rings. The Hall–Kier alpha value is -2.21. The SMILES string of the molecule is CCOC(=O)C1CCN(OC(=O)c2ccccc2)CCC1=O. The lowest BCUT2D eigenvalue weighted by molar-refractivity contribution is -0.151. The van der Waals surface area contributed by atoms with Crippen LogP contribution in [0, 0.1) is 5.92 Å². The fraction of sp³-hybridized carbons (Fsp3) is 0.438. The van der Waals surface area contributed by atoms with Gasteiger partial charge in [0.05, 0.1) is 12.2 Å². The van der Waals surface area contributed by atoms with Crippen LogP contribution in [0.25, 0.3) is 0 Å². The minimum absolute atomic E-state index is 0.158. The summed E-state index contributed by atoms with van der Waals surface area (Å²) in [5.41, 5.74) is 0.444. The lowest BCUT2D eigenvalue weighted by Crippen LogP contribution is -2.29. The van der Waals surface area contributed by atoms with Gasteiger partial charge in [0.15, 0.2) is 0 Å². The zero-order valence-electron chi connectivity index (χ0n) is 12.5. The first-order valence-electron chi connectivity index (χ1n) is 7.33. The van der Waals surface area contributed by atoms with Crippen molar-refractivity contribution in [2.24, 2.45) is 5.92 Å². The quantitative estimate of drug-likeness (QED) is 0.621. The van der Waals surface area contributed by atoms with E-state index < -0.39 is 17.9 Å². The van der Waals surface area contributed by atoms with Gasteiger partial charge in [0.25, 0.3) is 0 Å². The topological polar surface area (TPSA) is 72.9 Å². The molecule has 1 aromatic rings. The normalized spacial score (nSPS) is 19.3. The van der Waals surface area contributed by atoms with Crippen molar-refractivity contribution in [3.8, 4) is 0 Å². The van der Waals surface area contributed by atoms with Gasteiger partial charge in [-0.15, -0.1) is 5.06 Å². The third-order valence-electron chi connectivity index (χ3n) is 3.46. The molecule has 1 atom stereocenters. The second-order valence-corrected chi connectivity index (χ2v) is 4.98. The fourth-order valence-electron chi connectivity index (χ4n) is 2.28. The van der Waals surface area contributed by atoms with Crippen molar-refractivity contribution < 1.29 is 24.0 Å². The maximum Gasteiger partial charge on any atom is 0.357 e. The van der Waals surface area contributed by atoms with Crippen LogP contribution < -0.4 is 0 Å². The summed E-state index contributed by atoms with van der Waals surface area (Å²) in [5, 5.41) is 1.44. The van der Waals surface area contributed by atoms with Crippen LogP contribution >= 0.6 is 0 Å². The average Bonchev–Trinajstić information content (AvgIpc) is 2.70. The van der Waals surface area contributed by atoms with Gasteiger partial charge in [-0.2, -0.15) is 0 Å². The van der Waals surface area contributed by atoms with Gasteiger partial charge in [-0.05, 0) is 25.5 Å². The molecule has 22 heavy (non-hydrogen) atoms. The molecule has 0 amide bonds. The van der Waals surface area contributed by atoms with E-state index in [1.807, 2.05) is 6.07 Å². The lowest BCUT2D eigenvalue weighted by atomic mass is 10.00. The van der Waals surface area contributed by atoms with Crippen molar-refractivity contribution >= 4 is 17.7 Å². The molecular weight excluding hydrogens is 286 g/mol. The maximum atomic E-state index is 12.0. The number of carbonyl (C=O) groups excluding carboxylic acids is 3. The summed E-state index contributed by atoms with van der Waals surface area (Å²) in [6.45, 7) is 2.56. The van der Waals surface area contributed by atoms with Crippen molar-refractivity contribution in [2.75, 3.05) is 19.7 Å². The minimum atomic E-state index is -0.764. The van der Waals surface area contributed by atoms with Gasteiger partial charge in [0, 0.05) is 19.5 Å². The van der Waals surface area contributed by atoms with Gasteiger partial charge in [-0.25, -0.2) is 4.79 Å². The van der Waals surface area contributed by atoms with E-state index >= 15 is 0 Å². The molecule has 0 aromatic heterocycles. The van der Waals surface area contributed by atoms with E-state index in [2.05, 4.69) is 0 Å². The molecular formula is C16H19NO5. The molecule has 0 radical (unpaired) electrons. The second kappa shape index (κ2) is 7.70. The lowest BCUT2D eigenvalue weighted by Gasteiger charge is -2.18. The Morgan fingerprint density at radius 3 is 2.64 bits per heavy atom. The van der Waals surface area contributed by atoms with Gasteiger partial charge in [-0.3, -0.25) is 9.59 Å². The molecule has 1 heterocycles. The van der Waals surface area contributed by atoms with E-state index in [1.165, 1.54) is 5.06 Å². The highest BCUT2D eigenvalue weighted by molar-refractivity contribution is 5.99. The van der Waals surface area contributed by atoms with Gasteiger partial charge >= 0.3 is 11.9 Å². The molecule has 1 aromatic carbocycles. The summed E-state index contributed by atoms with van der Waals surface area (Å²) in [6.07, 6.45) is 0.450. The summed E-state index contributed by atoms with van der Waals surface area (Å²) in [7, 11) is 0. The van der Waals surface area contributed by atoms with Crippen LogP contribution in [0.5, 0.6) is 0 Å². The Kier molecular flexibility index (Phi) is 5.66. The Morgan fingerprint density at radius 2 is 1.95 bits per heavy atom. The summed E-state index contributed by atoms with van der Waals surface area (Å²) < 4.78 is 4.91. The van der Waals surface area contributed by atoms with Crippen LogP contribution in [0.15, 0.2) is 30.3 Å². The number of nitrogens with zero attached hydrogens (tertiary/aromatic N) is 1. The zero-order valence-corrected chi connectivity index (χ0v) is 12.5. The highest BCUT2D eigenvalue weighted by Gasteiger charge is 2.32. The maximum absolute atomic E-state index is 12.0. The Balaban J connectivity index is 1.94. The van der Waals surface area contributed by atoms with Crippen LogP contribution in [0.2, 0.25) is 0 Å².